The van der Waals surface area contributed by atoms with Gasteiger partial charge in [-0.25, -0.2) is 4.98 Å². The first kappa shape index (κ1) is 12.6. The van der Waals surface area contributed by atoms with E-state index in [2.05, 4.69) is 15.3 Å². The molecule has 1 saturated heterocycles. The largest absolute Gasteiger partial charge is 0.394 e. The number of hydrogen-bond donors (Lipinski definition) is 3. The smallest absolute Gasteiger partial charge is 0.255 e. The molecule has 1 aromatic heterocycles. The summed E-state index contributed by atoms with van der Waals surface area (Å²) in [7, 11) is 0. The lowest BCUT2D eigenvalue weighted by molar-refractivity contribution is 0.245. The third kappa shape index (κ3) is 2.37. The maximum absolute atomic E-state index is 12.1. The molecule has 0 radical (unpaired) electrons. The van der Waals surface area contributed by atoms with Crippen molar-refractivity contribution in [1.82, 2.24) is 15.3 Å². The van der Waals surface area contributed by atoms with Gasteiger partial charge in [-0.1, -0.05) is 0 Å². The second-order valence-corrected chi connectivity index (χ2v) is 5.26. The van der Waals surface area contributed by atoms with E-state index in [1.54, 1.807) is 0 Å². The highest BCUT2D eigenvalue weighted by molar-refractivity contribution is 5.36. The van der Waals surface area contributed by atoms with Crippen LogP contribution in [-0.2, 0) is 12.8 Å². The standard InChI is InChI=1S/C13H20N4O2/c18-8-9-7-14-5-6-17(9)13-15-11-4-2-1-3-10(11)12(19)16-13/h9,14,18H,1-8H2,(H,15,16,19)/t9-/m1/s1. The summed E-state index contributed by atoms with van der Waals surface area (Å²) in [4.78, 5) is 21.6. The number of aryl methyl sites for hydroxylation is 1. The Hall–Kier alpha value is -1.40. The first-order chi connectivity index (χ1) is 9.29. The van der Waals surface area contributed by atoms with E-state index >= 15 is 0 Å². The lowest BCUT2D eigenvalue weighted by atomic mass is 9.97. The van der Waals surface area contributed by atoms with Gasteiger partial charge in [-0.05, 0) is 25.7 Å². The maximum atomic E-state index is 12.1. The fourth-order valence-corrected chi connectivity index (χ4v) is 2.93. The first-order valence-corrected chi connectivity index (χ1v) is 7.00. The van der Waals surface area contributed by atoms with E-state index in [9.17, 15) is 9.90 Å². The molecule has 2 heterocycles. The van der Waals surface area contributed by atoms with Crippen molar-refractivity contribution in [3.8, 4) is 0 Å². The molecule has 0 aromatic carbocycles. The summed E-state index contributed by atoms with van der Waals surface area (Å²) in [5.41, 5.74) is 1.79. The molecule has 0 unspecified atom stereocenters. The Labute approximate surface area is 111 Å². The van der Waals surface area contributed by atoms with E-state index in [-0.39, 0.29) is 18.2 Å². The van der Waals surface area contributed by atoms with E-state index in [4.69, 9.17) is 0 Å². The molecule has 6 nitrogen and oxygen atoms in total. The van der Waals surface area contributed by atoms with Crippen LogP contribution in [0.15, 0.2) is 4.79 Å². The number of rotatable bonds is 2. The van der Waals surface area contributed by atoms with Gasteiger partial charge in [-0.15, -0.1) is 0 Å². The van der Waals surface area contributed by atoms with Crippen molar-refractivity contribution in [2.75, 3.05) is 31.1 Å². The fourth-order valence-electron chi connectivity index (χ4n) is 2.93. The number of fused-ring (bicyclic) bond motifs is 1. The number of aliphatic hydroxyl groups excluding tert-OH is 1. The Kier molecular flexibility index (Phi) is 3.52. The number of piperazine rings is 1. The van der Waals surface area contributed by atoms with Gasteiger partial charge in [-0.3, -0.25) is 9.78 Å². The number of aromatic amines is 1. The van der Waals surface area contributed by atoms with E-state index in [1.165, 1.54) is 0 Å². The molecule has 6 heteroatoms. The lowest BCUT2D eigenvalue weighted by Gasteiger charge is -2.35. The highest BCUT2D eigenvalue weighted by atomic mass is 16.3. The topological polar surface area (TPSA) is 81.2 Å². The predicted molar refractivity (Wildman–Crippen MR) is 72.6 cm³/mol. The number of aliphatic hydroxyl groups is 1. The molecule has 0 bridgehead atoms. The van der Waals surface area contributed by atoms with Crippen LogP contribution < -0.4 is 15.8 Å². The molecule has 1 aliphatic carbocycles. The highest BCUT2D eigenvalue weighted by Crippen LogP contribution is 2.19. The van der Waals surface area contributed by atoms with Gasteiger partial charge >= 0.3 is 0 Å². The summed E-state index contributed by atoms with van der Waals surface area (Å²) in [5, 5.41) is 12.7. The zero-order valence-electron chi connectivity index (χ0n) is 11.0. The average molecular weight is 264 g/mol. The normalized spacial score (nSPS) is 23.2. The average Bonchev–Trinajstić information content (AvgIpc) is 2.47. The number of hydrogen-bond acceptors (Lipinski definition) is 5. The van der Waals surface area contributed by atoms with Crippen LogP contribution >= 0.6 is 0 Å². The van der Waals surface area contributed by atoms with E-state index in [0.717, 1.165) is 56.6 Å². The van der Waals surface area contributed by atoms with Crippen LogP contribution in [0.5, 0.6) is 0 Å². The van der Waals surface area contributed by atoms with Crippen LogP contribution in [0, 0.1) is 0 Å². The molecule has 1 atom stereocenters. The number of H-pyrrole nitrogens is 1. The summed E-state index contributed by atoms with van der Waals surface area (Å²) < 4.78 is 0. The molecule has 0 saturated carbocycles. The highest BCUT2D eigenvalue weighted by Gasteiger charge is 2.25. The van der Waals surface area contributed by atoms with Crippen molar-refractivity contribution in [1.29, 1.82) is 0 Å². The second kappa shape index (κ2) is 5.30. The molecule has 3 N–H and O–H groups in total. The summed E-state index contributed by atoms with van der Waals surface area (Å²) in [6.07, 6.45) is 3.91. The molecular weight excluding hydrogens is 244 g/mol. The fraction of sp³-hybridized carbons (Fsp3) is 0.692. The maximum Gasteiger partial charge on any atom is 0.255 e. The van der Waals surface area contributed by atoms with Crippen molar-refractivity contribution in [2.45, 2.75) is 31.7 Å². The number of anilines is 1. The van der Waals surface area contributed by atoms with Crippen molar-refractivity contribution < 1.29 is 5.11 Å². The third-order valence-corrected chi connectivity index (χ3v) is 4.01. The van der Waals surface area contributed by atoms with Gasteiger partial charge in [0.2, 0.25) is 5.95 Å². The van der Waals surface area contributed by atoms with Gasteiger partial charge in [0.05, 0.1) is 18.3 Å². The molecule has 19 heavy (non-hydrogen) atoms. The van der Waals surface area contributed by atoms with Crippen molar-refractivity contribution >= 4 is 5.95 Å². The second-order valence-electron chi connectivity index (χ2n) is 5.26. The molecule has 0 spiro atoms. The lowest BCUT2D eigenvalue weighted by Crippen LogP contribution is -2.54. The molecular formula is C13H20N4O2. The minimum Gasteiger partial charge on any atom is -0.394 e. The SMILES string of the molecule is O=c1[nH]c(N2CCNC[C@@H]2CO)nc2c1CCCC2. The minimum atomic E-state index is -0.0152. The van der Waals surface area contributed by atoms with E-state index < -0.39 is 0 Å². The summed E-state index contributed by atoms with van der Waals surface area (Å²) in [6, 6.07) is -0.0152. The van der Waals surface area contributed by atoms with Gasteiger partial charge in [0, 0.05) is 25.2 Å². The van der Waals surface area contributed by atoms with Gasteiger partial charge in [0.25, 0.3) is 5.56 Å². The Balaban J connectivity index is 1.96. The van der Waals surface area contributed by atoms with Crippen LogP contribution in [0.1, 0.15) is 24.1 Å². The van der Waals surface area contributed by atoms with Crippen molar-refractivity contribution in [2.24, 2.45) is 0 Å². The third-order valence-electron chi connectivity index (χ3n) is 4.01. The van der Waals surface area contributed by atoms with Crippen LogP contribution in [0.4, 0.5) is 5.95 Å². The predicted octanol–water partition coefficient (Wildman–Crippen LogP) is -0.581. The molecule has 3 rings (SSSR count). The molecule has 104 valence electrons. The van der Waals surface area contributed by atoms with Crippen molar-refractivity contribution in [3.63, 3.8) is 0 Å². The van der Waals surface area contributed by atoms with Gasteiger partial charge in [-0.2, -0.15) is 0 Å². The minimum absolute atomic E-state index is 0.00470. The van der Waals surface area contributed by atoms with Crippen LogP contribution in [0.25, 0.3) is 0 Å². The van der Waals surface area contributed by atoms with Gasteiger partial charge < -0.3 is 15.3 Å². The first-order valence-electron chi connectivity index (χ1n) is 7.00. The van der Waals surface area contributed by atoms with Crippen molar-refractivity contribution in [3.05, 3.63) is 21.6 Å². The zero-order chi connectivity index (χ0) is 13.2. The number of nitrogens with zero attached hydrogens (tertiary/aromatic N) is 2. The molecule has 2 aliphatic rings. The summed E-state index contributed by atoms with van der Waals surface area (Å²) >= 11 is 0. The van der Waals surface area contributed by atoms with Gasteiger partial charge in [0.1, 0.15) is 0 Å². The molecule has 1 fully saturated rings. The Morgan fingerprint density at radius 3 is 3.05 bits per heavy atom. The van der Waals surface area contributed by atoms with Gasteiger partial charge in [0.15, 0.2) is 0 Å². The van der Waals surface area contributed by atoms with E-state index in [0.29, 0.717) is 5.95 Å². The number of aromatic nitrogens is 2. The van der Waals surface area contributed by atoms with Crippen LogP contribution in [-0.4, -0.2) is 47.4 Å². The zero-order valence-corrected chi connectivity index (χ0v) is 11.0. The van der Waals surface area contributed by atoms with E-state index in [1.807, 2.05) is 4.90 Å². The summed E-state index contributed by atoms with van der Waals surface area (Å²) in [6.45, 7) is 2.38. The van der Waals surface area contributed by atoms with Crippen LogP contribution in [0.2, 0.25) is 0 Å². The Morgan fingerprint density at radius 1 is 1.37 bits per heavy atom. The molecule has 1 aliphatic heterocycles. The molecule has 1 aromatic rings. The monoisotopic (exact) mass is 264 g/mol. The Bertz CT molecular complexity index is 514. The molecule has 0 amide bonds. The van der Waals surface area contributed by atoms with Crippen LogP contribution in [0.3, 0.4) is 0 Å². The quantitative estimate of drug-likeness (QED) is 0.666. The number of nitrogens with one attached hydrogen (secondary N) is 2. The summed E-state index contributed by atoms with van der Waals surface area (Å²) in [5.74, 6) is 0.617. The Morgan fingerprint density at radius 2 is 2.21 bits per heavy atom.